The molecule has 31 heavy (non-hydrogen) atoms. The molecule has 13 heteroatoms. The molecule has 1 fully saturated rings. The maximum absolute atomic E-state index is 13.2. The van der Waals surface area contributed by atoms with Crippen molar-refractivity contribution in [1.29, 1.82) is 0 Å². The van der Waals surface area contributed by atoms with Crippen LogP contribution < -0.4 is 25.7 Å². The summed E-state index contributed by atoms with van der Waals surface area (Å²) < 4.78 is 40.4. The van der Waals surface area contributed by atoms with Gasteiger partial charge in [0.05, 0.1) is 6.54 Å². The van der Waals surface area contributed by atoms with E-state index in [4.69, 9.17) is 4.84 Å². The van der Waals surface area contributed by atoms with Gasteiger partial charge in [0.1, 0.15) is 0 Å². The Hall–Kier alpha value is -2.98. The number of carbonyl (C=O) groups is 1. The number of hydrogen-bond donors (Lipinski definition) is 1. The van der Waals surface area contributed by atoms with Crippen molar-refractivity contribution in [3.8, 4) is 11.8 Å². The van der Waals surface area contributed by atoms with Gasteiger partial charge in [-0.1, -0.05) is 5.92 Å². The van der Waals surface area contributed by atoms with Crippen LogP contribution in [0.25, 0.3) is 0 Å². The lowest BCUT2D eigenvalue weighted by atomic mass is 10.3. The van der Waals surface area contributed by atoms with E-state index >= 15 is 0 Å². The van der Waals surface area contributed by atoms with Gasteiger partial charge >= 0.3 is 12.1 Å². The van der Waals surface area contributed by atoms with E-state index in [9.17, 15) is 22.8 Å². The second-order valence-corrected chi connectivity index (χ2v) is 7.23. The number of fused-ring (bicyclic) bond motifs is 1. The van der Waals surface area contributed by atoms with Crippen molar-refractivity contribution in [1.82, 2.24) is 19.8 Å². The normalized spacial score (nSPS) is 19.0. The molecule has 0 aromatic carbocycles. The summed E-state index contributed by atoms with van der Waals surface area (Å²) in [5.74, 6) is 3.21. The van der Waals surface area contributed by atoms with Gasteiger partial charge < -0.3 is 20.0 Å². The molecule has 1 atom stereocenters. The Morgan fingerprint density at radius 2 is 1.97 bits per heavy atom. The summed E-state index contributed by atoms with van der Waals surface area (Å²) in [6.45, 7) is 3.72. The second kappa shape index (κ2) is 8.64. The minimum Gasteiger partial charge on any atom is -0.348 e. The minimum absolute atomic E-state index is 0.0226. The number of anilines is 3. The third-order valence-electron chi connectivity index (χ3n) is 4.93. The standard InChI is InChI=1S/C18H24F3N7O3/c1-5-6-9-27-12-13(23-16(24(2)3)25(4)14(12)29)28(31-15(30)18(19,20)21)17(27)26-10-7-22-8-11-26/h17,22H,7-11H2,1-4H3. The van der Waals surface area contributed by atoms with E-state index in [-0.39, 0.29) is 24.0 Å². The summed E-state index contributed by atoms with van der Waals surface area (Å²) in [5.41, 5.74) is -0.466. The highest BCUT2D eigenvalue weighted by Gasteiger charge is 2.50. The SMILES string of the molecule is CC#CCN1c2c(nc(N(C)C)n(C)c2=O)N(OC(=O)C(F)(F)F)C1N1CCNCC1. The molecule has 170 valence electrons. The topological polar surface area (TPSA) is 86.2 Å². The molecular weight excluding hydrogens is 419 g/mol. The van der Waals surface area contributed by atoms with E-state index in [0.29, 0.717) is 26.2 Å². The Morgan fingerprint density at radius 1 is 1.32 bits per heavy atom. The smallest absolute Gasteiger partial charge is 0.348 e. The predicted molar refractivity (Wildman–Crippen MR) is 107 cm³/mol. The zero-order valence-electron chi connectivity index (χ0n) is 17.7. The molecule has 1 aromatic heterocycles. The van der Waals surface area contributed by atoms with Crippen LogP contribution in [0, 0.1) is 11.8 Å². The lowest BCUT2D eigenvalue weighted by Gasteiger charge is -2.40. The summed E-state index contributed by atoms with van der Waals surface area (Å²) in [7, 11) is 4.80. The summed E-state index contributed by atoms with van der Waals surface area (Å²) in [5, 5.41) is 3.94. The van der Waals surface area contributed by atoms with Gasteiger partial charge in [-0.25, -0.2) is 4.79 Å². The van der Waals surface area contributed by atoms with Crippen molar-refractivity contribution in [3.63, 3.8) is 0 Å². The van der Waals surface area contributed by atoms with E-state index in [1.165, 1.54) is 16.5 Å². The maximum atomic E-state index is 13.2. The van der Waals surface area contributed by atoms with Gasteiger partial charge in [0, 0.05) is 47.3 Å². The Kier molecular flexibility index (Phi) is 6.33. The first kappa shape index (κ1) is 22.7. The summed E-state index contributed by atoms with van der Waals surface area (Å²) in [6, 6.07) is 0. The molecule has 0 spiro atoms. The average molecular weight is 443 g/mol. The predicted octanol–water partition coefficient (Wildman–Crippen LogP) is -0.295. The summed E-state index contributed by atoms with van der Waals surface area (Å²) in [6.07, 6.45) is -6.21. The van der Waals surface area contributed by atoms with Crippen LogP contribution in [0.5, 0.6) is 0 Å². The Bertz CT molecular complexity index is 961. The number of nitrogens with zero attached hydrogens (tertiary/aromatic N) is 6. The molecule has 2 aliphatic heterocycles. The van der Waals surface area contributed by atoms with E-state index < -0.39 is 24.0 Å². The molecular formula is C18H24F3N7O3. The van der Waals surface area contributed by atoms with Crippen LogP contribution in [-0.2, 0) is 16.7 Å². The lowest BCUT2D eigenvalue weighted by molar-refractivity contribution is -0.203. The van der Waals surface area contributed by atoms with Gasteiger partial charge in [-0.3, -0.25) is 14.3 Å². The van der Waals surface area contributed by atoms with Crippen LogP contribution in [-0.4, -0.2) is 79.7 Å². The van der Waals surface area contributed by atoms with Gasteiger partial charge in [0.15, 0.2) is 12.0 Å². The zero-order chi connectivity index (χ0) is 22.9. The van der Waals surface area contributed by atoms with E-state index in [0.717, 1.165) is 5.06 Å². The molecule has 0 bridgehead atoms. The Labute approximate surface area is 177 Å². The van der Waals surface area contributed by atoms with Crippen molar-refractivity contribution in [2.75, 3.05) is 61.7 Å². The van der Waals surface area contributed by atoms with Crippen LogP contribution in [0.3, 0.4) is 0 Å². The molecule has 1 aromatic rings. The first-order chi connectivity index (χ1) is 14.6. The molecule has 1 N–H and O–H groups in total. The van der Waals surface area contributed by atoms with E-state index in [1.807, 2.05) is 4.90 Å². The number of aromatic nitrogens is 2. The lowest BCUT2D eigenvalue weighted by Crippen LogP contribution is -2.61. The van der Waals surface area contributed by atoms with E-state index in [2.05, 4.69) is 22.1 Å². The molecule has 3 heterocycles. The van der Waals surface area contributed by atoms with Crippen LogP contribution in [0.15, 0.2) is 4.79 Å². The van der Waals surface area contributed by atoms with Crippen LogP contribution in [0.4, 0.5) is 30.6 Å². The van der Waals surface area contributed by atoms with Crippen molar-refractivity contribution in [3.05, 3.63) is 10.4 Å². The highest BCUT2D eigenvalue weighted by molar-refractivity contribution is 5.80. The zero-order valence-corrected chi connectivity index (χ0v) is 17.7. The molecule has 0 amide bonds. The molecule has 2 aliphatic rings. The highest BCUT2D eigenvalue weighted by atomic mass is 19.4. The van der Waals surface area contributed by atoms with Crippen molar-refractivity contribution < 1.29 is 22.8 Å². The molecule has 10 nitrogen and oxygen atoms in total. The van der Waals surface area contributed by atoms with Gasteiger partial charge in [-0.15, -0.1) is 11.0 Å². The number of alkyl halides is 3. The summed E-state index contributed by atoms with van der Waals surface area (Å²) in [4.78, 5) is 39.0. The van der Waals surface area contributed by atoms with Gasteiger partial charge in [0.2, 0.25) is 11.8 Å². The monoisotopic (exact) mass is 443 g/mol. The number of halogens is 3. The van der Waals surface area contributed by atoms with Crippen LogP contribution in [0.2, 0.25) is 0 Å². The number of hydrogen-bond acceptors (Lipinski definition) is 9. The van der Waals surface area contributed by atoms with E-state index in [1.54, 1.807) is 25.9 Å². The minimum atomic E-state index is -5.21. The molecule has 1 saturated heterocycles. The van der Waals surface area contributed by atoms with Gasteiger partial charge in [-0.2, -0.15) is 18.2 Å². The van der Waals surface area contributed by atoms with Crippen molar-refractivity contribution in [2.24, 2.45) is 7.05 Å². The average Bonchev–Trinajstić information content (AvgIpc) is 3.01. The largest absolute Gasteiger partial charge is 0.493 e. The Balaban J connectivity index is 2.19. The number of piperazine rings is 1. The molecule has 3 rings (SSSR count). The van der Waals surface area contributed by atoms with Crippen LogP contribution in [0.1, 0.15) is 6.92 Å². The fraction of sp³-hybridized carbons (Fsp3) is 0.611. The highest BCUT2D eigenvalue weighted by Crippen LogP contribution is 2.38. The number of nitrogens with one attached hydrogen (secondary N) is 1. The number of carbonyl (C=O) groups excluding carboxylic acids is 1. The first-order valence-electron chi connectivity index (χ1n) is 9.55. The number of rotatable bonds is 4. The van der Waals surface area contributed by atoms with Gasteiger partial charge in [-0.05, 0) is 6.92 Å². The third-order valence-corrected chi connectivity index (χ3v) is 4.93. The number of hydroxylamine groups is 1. The fourth-order valence-corrected chi connectivity index (χ4v) is 3.54. The van der Waals surface area contributed by atoms with Gasteiger partial charge in [0.25, 0.3) is 5.56 Å². The molecule has 0 saturated carbocycles. The van der Waals surface area contributed by atoms with Crippen molar-refractivity contribution >= 4 is 23.4 Å². The quantitative estimate of drug-likeness (QED) is 0.631. The second-order valence-electron chi connectivity index (χ2n) is 7.23. The maximum Gasteiger partial charge on any atom is 0.493 e. The van der Waals surface area contributed by atoms with Crippen molar-refractivity contribution in [2.45, 2.75) is 19.4 Å². The Morgan fingerprint density at radius 3 is 2.52 bits per heavy atom. The molecule has 0 radical (unpaired) electrons. The van der Waals surface area contributed by atoms with Crippen LogP contribution >= 0.6 is 0 Å². The first-order valence-corrected chi connectivity index (χ1v) is 9.55. The third kappa shape index (κ3) is 4.26. The fourth-order valence-electron chi connectivity index (χ4n) is 3.54. The molecule has 0 aliphatic carbocycles. The molecule has 1 unspecified atom stereocenters. The summed E-state index contributed by atoms with van der Waals surface area (Å²) >= 11 is 0.